The van der Waals surface area contributed by atoms with E-state index in [9.17, 15) is 4.79 Å². The second kappa shape index (κ2) is 6.40. The van der Waals surface area contributed by atoms with Crippen molar-refractivity contribution in [3.8, 4) is 0 Å². The maximum Gasteiger partial charge on any atom is 0.451 e. The highest BCUT2D eigenvalue weighted by atomic mass is 35.5. The predicted molar refractivity (Wildman–Crippen MR) is 67.9 cm³/mol. The highest BCUT2D eigenvalue weighted by Crippen LogP contribution is 2.33. The first-order chi connectivity index (χ1) is 7.36. The molecule has 0 spiro atoms. The van der Waals surface area contributed by atoms with Crippen LogP contribution in [0.4, 0.5) is 0 Å². The van der Waals surface area contributed by atoms with Crippen LogP contribution in [0.25, 0.3) is 0 Å². The standard InChI is InChI=1S/C10H18BNO4.ClH/c1-7-2-3-8(4-5-11(15)16)6-10(7,12)9(13)14;/h2,8,15-16H,3-6,12H2,1H3,(H,13,14);1H. The van der Waals surface area contributed by atoms with Crippen molar-refractivity contribution >= 4 is 25.5 Å². The molecule has 1 rings (SSSR count). The van der Waals surface area contributed by atoms with Crippen LogP contribution in [0.2, 0.25) is 6.32 Å². The number of carboxylic acids is 1. The van der Waals surface area contributed by atoms with E-state index in [2.05, 4.69) is 0 Å². The minimum absolute atomic E-state index is 0. The Kier molecular flexibility index (Phi) is 6.19. The van der Waals surface area contributed by atoms with Crippen molar-refractivity contribution in [2.45, 2.75) is 38.0 Å². The van der Waals surface area contributed by atoms with Gasteiger partial charge in [-0.25, -0.2) is 4.79 Å². The molecule has 0 radical (unpaired) electrons. The van der Waals surface area contributed by atoms with Gasteiger partial charge in [0.15, 0.2) is 0 Å². The molecule has 0 amide bonds. The quantitative estimate of drug-likeness (QED) is 0.434. The summed E-state index contributed by atoms with van der Waals surface area (Å²) in [6, 6.07) is 0. The number of halogens is 1. The van der Waals surface area contributed by atoms with E-state index < -0.39 is 18.6 Å². The summed E-state index contributed by atoms with van der Waals surface area (Å²) >= 11 is 0. The van der Waals surface area contributed by atoms with E-state index in [0.29, 0.717) is 18.4 Å². The molecule has 2 atom stereocenters. The monoisotopic (exact) mass is 263 g/mol. The summed E-state index contributed by atoms with van der Waals surface area (Å²) in [5, 5.41) is 26.6. The van der Waals surface area contributed by atoms with Crippen LogP contribution in [0, 0.1) is 5.92 Å². The molecule has 0 aromatic heterocycles. The topological polar surface area (TPSA) is 104 Å². The zero-order valence-corrected chi connectivity index (χ0v) is 10.6. The van der Waals surface area contributed by atoms with Gasteiger partial charge >= 0.3 is 13.1 Å². The molecule has 0 saturated heterocycles. The van der Waals surface area contributed by atoms with Gasteiger partial charge in [0, 0.05) is 0 Å². The molecular formula is C10H19BClNO4. The zero-order valence-electron chi connectivity index (χ0n) is 9.80. The molecule has 0 aromatic carbocycles. The fourth-order valence-corrected chi connectivity index (χ4v) is 2.09. The van der Waals surface area contributed by atoms with Crippen molar-refractivity contribution in [3.05, 3.63) is 11.6 Å². The Morgan fingerprint density at radius 2 is 2.24 bits per heavy atom. The molecule has 5 nitrogen and oxygen atoms in total. The maximum atomic E-state index is 11.1. The lowest BCUT2D eigenvalue weighted by atomic mass is 9.71. The third-order valence-corrected chi connectivity index (χ3v) is 3.29. The van der Waals surface area contributed by atoms with E-state index in [1.165, 1.54) is 0 Å². The number of nitrogens with two attached hydrogens (primary N) is 1. The fourth-order valence-electron chi connectivity index (χ4n) is 2.09. The number of allylic oxidation sites excluding steroid dienone is 1. The number of rotatable bonds is 4. The lowest BCUT2D eigenvalue weighted by Gasteiger charge is -2.34. The number of hydrogen-bond donors (Lipinski definition) is 4. The van der Waals surface area contributed by atoms with Gasteiger partial charge < -0.3 is 20.9 Å². The first-order valence-corrected chi connectivity index (χ1v) is 5.42. The lowest BCUT2D eigenvalue weighted by Crippen LogP contribution is -2.51. The molecule has 1 aliphatic carbocycles. The Morgan fingerprint density at radius 1 is 1.65 bits per heavy atom. The summed E-state index contributed by atoms with van der Waals surface area (Å²) in [6.45, 7) is 1.73. The Balaban J connectivity index is 0.00000256. The number of aliphatic carboxylic acids is 1. The molecule has 17 heavy (non-hydrogen) atoms. The van der Waals surface area contributed by atoms with Crippen molar-refractivity contribution in [2.75, 3.05) is 0 Å². The smallest absolute Gasteiger partial charge is 0.451 e. The van der Waals surface area contributed by atoms with Gasteiger partial charge in [-0.3, -0.25) is 0 Å². The van der Waals surface area contributed by atoms with E-state index in [4.69, 9.17) is 20.9 Å². The Morgan fingerprint density at radius 3 is 2.71 bits per heavy atom. The average molecular weight is 264 g/mol. The van der Waals surface area contributed by atoms with Gasteiger partial charge in [0.25, 0.3) is 0 Å². The highest BCUT2D eigenvalue weighted by Gasteiger charge is 2.40. The number of carbonyl (C=O) groups is 1. The number of hydrogen-bond acceptors (Lipinski definition) is 4. The largest absolute Gasteiger partial charge is 0.480 e. The van der Waals surface area contributed by atoms with Crippen LogP contribution in [0.15, 0.2) is 11.6 Å². The molecule has 0 fully saturated rings. The van der Waals surface area contributed by atoms with Gasteiger partial charge in [-0.15, -0.1) is 12.4 Å². The van der Waals surface area contributed by atoms with Gasteiger partial charge in [-0.2, -0.15) is 0 Å². The van der Waals surface area contributed by atoms with Crippen molar-refractivity contribution in [1.29, 1.82) is 0 Å². The Bertz CT molecular complexity index is 311. The van der Waals surface area contributed by atoms with Crippen molar-refractivity contribution < 1.29 is 19.9 Å². The van der Waals surface area contributed by atoms with Crippen LogP contribution >= 0.6 is 12.4 Å². The van der Waals surface area contributed by atoms with Crippen LogP contribution in [0.5, 0.6) is 0 Å². The molecule has 0 saturated carbocycles. The lowest BCUT2D eigenvalue weighted by molar-refractivity contribution is -0.142. The summed E-state index contributed by atoms with van der Waals surface area (Å²) in [6.07, 6.45) is 3.79. The van der Waals surface area contributed by atoms with Gasteiger partial charge in [0.1, 0.15) is 5.54 Å². The predicted octanol–water partition coefficient (Wildman–Crippen LogP) is 0.410. The summed E-state index contributed by atoms with van der Waals surface area (Å²) in [4.78, 5) is 11.1. The molecule has 0 bridgehead atoms. The van der Waals surface area contributed by atoms with Crippen molar-refractivity contribution in [3.63, 3.8) is 0 Å². The van der Waals surface area contributed by atoms with Crippen LogP contribution in [0.1, 0.15) is 26.2 Å². The molecule has 2 unspecified atom stereocenters. The van der Waals surface area contributed by atoms with Gasteiger partial charge in [0.2, 0.25) is 0 Å². The molecule has 5 N–H and O–H groups in total. The molecule has 1 aliphatic rings. The summed E-state index contributed by atoms with van der Waals surface area (Å²) in [5.74, 6) is -0.915. The van der Waals surface area contributed by atoms with Gasteiger partial charge in [-0.1, -0.05) is 12.5 Å². The van der Waals surface area contributed by atoms with E-state index >= 15 is 0 Å². The van der Waals surface area contributed by atoms with Crippen molar-refractivity contribution in [2.24, 2.45) is 11.7 Å². The van der Waals surface area contributed by atoms with Crippen molar-refractivity contribution in [1.82, 2.24) is 0 Å². The van der Waals surface area contributed by atoms with Crippen LogP contribution in [0.3, 0.4) is 0 Å². The summed E-state index contributed by atoms with van der Waals surface area (Å²) in [7, 11) is -1.33. The van der Waals surface area contributed by atoms with Crippen LogP contribution < -0.4 is 5.73 Å². The second-order valence-corrected chi connectivity index (χ2v) is 4.53. The highest BCUT2D eigenvalue weighted by molar-refractivity contribution is 6.40. The van der Waals surface area contributed by atoms with Gasteiger partial charge in [-0.05, 0) is 37.6 Å². The minimum atomic E-state index is -1.33. The molecular weight excluding hydrogens is 244 g/mol. The van der Waals surface area contributed by atoms with E-state index in [-0.39, 0.29) is 24.6 Å². The third kappa shape index (κ3) is 3.99. The summed E-state index contributed by atoms with van der Waals surface area (Å²) in [5.41, 5.74) is 5.24. The Hall–Kier alpha value is -0.555. The van der Waals surface area contributed by atoms with E-state index in [1.54, 1.807) is 6.92 Å². The molecule has 0 aromatic rings. The third-order valence-electron chi connectivity index (χ3n) is 3.29. The summed E-state index contributed by atoms with van der Waals surface area (Å²) < 4.78 is 0. The molecule has 98 valence electrons. The molecule has 0 heterocycles. The number of carboxylic acid groups (broad SMARTS) is 1. The first kappa shape index (κ1) is 16.4. The average Bonchev–Trinajstić information content (AvgIpc) is 2.19. The van der Waals surface area contributed by atoms with Crippen LogP contribution in [-0.2, 0) is 4.79 Å². The normalized spacial score (nSPS) is 28.0. The maximum absolute atomic E-state index is 11.1. The van der Waals surface area contributed by atoms with E-state index in [1.807, 2.05) is 6.08 Å². The minimum Gasteiger partial charge on any atom is -0.480 e. The Labute approximate surface area is 107 Å². The fraction of sp³-hybridized carbons (Fsp3) is 0.700. The van der Waals surface area contributed by atoms with Crippen LogP contribution in [-0.4, -0.2) is 33.8 Å². The van der Waals surface area contributed by atoms with Gasteiger partial charge in [0.05, 0.1) is 0 Å². The molecule has 0 aliphatic heterocycles. The second-order valence-electron chi connectivity index (χ2n) is 4.53. The molecule has 7 heteroatoms. The SMILES string of the molecule is CC1=CCC(CCB(O)O)CC1(N)C(=O)O.Cl. The zero-order chi connectivity index (χ0) is 12.3. The van der Waals surface area contributed by atoms with E-state index in [0.717, 1.165) is 6.42 Å². The first-order valence-electron chi connectivity index (χ1n) is 5.42.